The van der Waals surface area contributed by atoms with Gasteiger partial charge in [0.1, 0.15) is 5.76 Å². The monoisotopic (exact) mass is 458 g/mol. The summed E-state index contributed by atoms with van der Waals surface area (Å²) in [6.45, 7) is 5.79. The minimum atomic E-state index is -5.74. The lowest BCUT2D eigenvalue weighted by molar-refractivity contribution is -0.0520. The van der Waals surface area contributed by atoms with E-state index in [9.17, 15) is 26.4 Å². The van der Waals surface area contributed by atoms with E-state index in [2.05, 4.69) is 4.18 Å². The molecular weight excluding hydrogens is 433 g/mol. The fraction of sp³-hybridized carbons (Fsp3) is 0.409. The Morgan fingerprint density at radius 2 is 1.84 bits per heavy atom. The molecule has 170 valence electrons. The standard InChI is InChI=1S/C22H25F3O5S/c1-4-29-20(26)17-11-9-16(10-12-17)7-5-6-8-18-15-21(2,3)14-13-19(18)30-31(27,28)22(23,24)25/h6,8-13,15H,4-5,7,14H2,1-3H3/b8-6+. The molecule has 0 aliphatic heterocycles. The Labute approximate surface area is 180 Å². The molecule has 0 radical (unpaired) electrons. The third-order valence-corrected chi connectivity index (χ3v) is 5.46. The van der Waals surface area contributed by atoms with Crippen LogP contribution in [-0.4, -0.2) is 26.5 Å². The van der Waals surface area contributed by atoms with Crippen molar-refractivity contribution in [3.05, 3.63) is 71.0 Å². The van der Waals surface area contributed by atoms with Crippen molar-refractivity contribution in [1.82, 2.24) is 0 Å². The number of esters is 1. The second kappa shape index (κ2) is 9.72. The van der Waals surface area contributed by atoms with Crippen LogP contribution in [-0.2, 0) is 25.5 Å². The third-order valence-electron chi connectivity index (χ3n) is 4.49. The summed E-state index contributed by atoms with van der Waals surface area (Å²) in [6, 6.07) is 6.93. The molecule has 0 unspecified atom stereocenters. The molecule has 0 fully saturated rings. The molecule has 0 N–H and O–H groups in total. The van der Waals surface area contributed by atoms with Crippen molar-refractivity contribution in [2.45, 2.75) is 45.5 Å². The summed E-state index contributed by atoms with van der Waals surface area (Å²) in [5.41, 5.74) is -4.15. The molecule has 1 aromatic rings. The Morgan fingerprint density at radius 3 is 2.42 bits per heavy atom. The smallest absolute Gasteiger partial charge is 0.462 e. The van der Waals surface area contributed by atoms with E-state index in [-0.39, 0.29) is 16.7 Å². The van der Waals surface area contributed by atoms with Gasteiger partial charge in [-0.2, -0.15) is 21.6 Å². The SMILES string of the molecule is CCOC(=O)c1ccc(CC/C=C/C2=CC(C)(C)CC=C2OS(=O)(=O)C(F)(F)F)cc1. The van der Waals surface area contributed by atoms with Gasteiger partial charge in [0.25, 0.3) is 0 Å². The van der Waals surface area contributed by atoms with Crippen molar-refractivity contribution in [2.24, 2.45) is 5.41 Å². The first-order chi connectivity index (χ1) is 14.3. The predicted octanol–water partition coefficient (Wildman–Crippen LogP) is 5.46. The summed E-state index contributed by atoms with van der Waals surface area (Å²) in [7, 11) is -5.74. The first kappa shape index (κ1) is 24.7. The van der Waals surface area contributed by atoms with Gasteiger partial charge < -0.3 is 8.92 Å². The summed E-state index contributed by atoms with van der Waals surface area (Å²) in [5, 5.41) is 0. The molecule has 0 amide bonds. The van der Waals surface area contributed by atoms with E-state index in [1.165, 1.54) is 6.08 Å². The fourth-order valence-electron chi connectivity index (χ4n) is 2.88. The quantitative estimate of drug-likeness (QED) is 0.294. The lowest BCUT2D eigenvalue weighted by Crippen LogP contribution is -2.26. The number of carbonyl (C=O) groups is 1. The number of hydrogen-bond acceptors (Lipinski definition) is 5. The van der Waals surface area contributed by atoms with Gasteiger partial charge in [-0.05, 0) is 55.4 Å². The Kier molecular flexibility index (Phi) is 7.75. The average molecular weight is 458 g/mol. The number of halogens is 3. The number of rotatable bonds is 8. The number of alkyl halides is 3. The molecule has 9 heteroatoms. The Balaban J connectivity index is 2.05. The topological polar surface area (TPSA) is 69.7 Å². The van der Waals surface area contributed by atoms with Crippen LogP contribution in [0.15, 0.2) is 59.9 Å². The largest absolute Gasteiger partial charge is 0.534 e. The van der Waals surface area contributed by atoms with Crippen LogP contribution in [0.25, 0.3) is 0 Å². The van der Waals surface area contributed by atoms with Crippen LogP contribution in [0.2, 0.25) is 0 Å². The molecule has 0 aromatic heterocycles. The van der Waals surface area contributed by atoms with Crippen molar-refractivity contribution in [3.63, 3.8) is 0 Å². The van der Waals surface area contributed by atoms with Crippen LogP contribution in [0.1, 0.15) is 49.5 Å². The zero-order chi connectivity index (χ0) is 23.3. The van der Waals surface area contributed by atoms with Gasteiger partial charge in [-0.15, -0.1) is 0 Å². The van der Waals surface area contributed by atoms with Crippen LogP contribution in [0, 0.1) is 5.41 Å². The zero-order valence-corrected chi connectivity index (χ0v) is 18.3. The maximum absolute atomic E-state index is 12.7. The summed E-state index contributed by atoms with van der Waals surface area (Å²) in [5.74, 6) is -0.722. The van der Waals surface area contributed by atoms with E-state index in [0.29, 0.717) is 31.4 Å². The van der Waals surface area contributed by atoms with Crippen LogP contribution in [0.5, 0.6) is 0 Å². The Hall–Kier alpha value is -2.55. The summed E-state index contributed by atoms with van der Waals surface area (Å²) >= 11 is 0. The zero-order valence-electron chi connectivity index (χ0n) is 17.5. The average Bonchev–Trinajstić information content (AvgIpc) is 2.66. The molecule has 0 atom stereocenters. The molecule has 0 spiro atoms. The second-order valence-electron chi connectivity index (χ2n) is 7.70. The highest BCUT2D eigenvalue weighted by Gasteiger charge is 2.49. The first-order valence-corrected chi connectivity index (χ1v) is 11.1. The molecule has 1 aliphatic carbocycles. The van der Waals surface area contributed by atoms with Crippen LogP contribution >= 0.6 is 0 Å². The van der Waals surface area contributed by atoms with Crippen molar-refractivity contribution in [1.29, 1.82) is 0 Å². The molecule has 1 aliphatic rings. The van der Waals surface area contributed by atoms with E-state index in [1.54, 1.807) is 49.4 Å². The van der Waals surface area contributed by atoms with E-state index in [1.807, 2.05) is 13.8 Å². The van der Waals surface area contributed by atoms with Gasteiger partial charge >= 0.3 is 21.6 Å². The van der Waals surface area contributed by atoms with Crippen molar-refractivity contribution < 1.29 is 35.3 Å². The molecular formula is C22H25F3O5S. The normalized spacial score (nSPS) is 16.6. The number of aryl methyl sites for hydroxylation is 1. The van der Waals surface area contributed by atoms with Crippen LogP contribution in [0.3, 0.4) is 0 Å². The number of allylic oxidation sites excluding steroid dienone is 4. The second-order valence-corrected chi connectivity index (χ2v) is 9.24. The lowest BCUT2D eigenvalue weighted by Gasteiger charge is -2.26. The van der Waals surface area contributed by atoms with E-state index in [4.69, 9.17) is 4.74 Å². The number of carbonyl (C=O) groups excluding carboxylic acids is 1. The van der Waals surface area contributed by atoms with Gasteiger partial charge in [0.05, 0.1) is 12.2 Å². The Bertz CT molecular complexity index is 985. The fourth-order valence-corrected chi connectivity index (χ4v) is 3.38. The maximum atomic E-state index is 12.7. The summed E-state index contributed by atoms with van der Waals surface area (Å²) < 4.78 is 70.1. The van der Waals surface area contributed by atoms with Crippen molar-refractivity contribution in [3.8, 4) is 0 Å². The third kappa shape index (κ3) is 6.99. The van der Waals surface area contributed by atoms with Gasteiger partial charge in [0, 0.05) is 5.57 Å². The van der Waals surface area contributed by atoms with Gasteiger partial charge in [-0.1, -0.05) is 44.2 Å². The molecule has 31 heavy (non-hydrogen) atoms. The van der Waals surface area contributed by atoms with Gasteiger partial charge in [0.15, 0.2) is 0 Å². The van der Waals surface area contributed by atoms with Crippen LogP contribution in [0.4, 0.5) is 13.2 Å². The van der Waals surface area contributed by atoms with Crippen molar-refractivity contribution >= 4 is 16.1 Å². The molecule has 1 aromatic carbocycles. The molecule has 0 saturated carbocycles. The van der Waals surface area contributed by atoms with Crippen LogP contribution < -0.4 is 0 Å². The van der Waals surface area contributed by atoms with Gasteiger partial charge in [0.2, 0.25) is 0 Å². The molecule has 0 saturated heterocycles. The first-order valence-electron chi connectivity index (χ1n) is 9.71. The van der Waals surface area contributed by atoms with E-state index >= 15 is 0 Å². The number of ether oxygens (including phenoxy) is 1. The minimum Gasteiger partial charge on any atom is -0.462 e. The molecule has 0 heterocycles. The van der Waals surface area contributed by atoms with Gasteiger partial charge in [-0.3, -0.25) is 0 Å². The minimum absolute atomic E-state index is 0.279. The Morgan fingerprint density at radius 1 is 1.19 bits per heavy atom. The highest BCUT2D eigenvalue weighted by atomic mass is 32.2. The number of benzene rings is 1. The number of hydrogen-bond donors (Lipinski definition) is 0. The lowest BCUT2D eigenvalue weighted by atomic mass is 9.82. The maximum Gasteiger partial charge on any atom is 0.534 e. The molecule has 0 bridgehead atoms. The predicted molar refractivity (Wildman–Crippen MR) is 110 cm³/mol. The molecule has 2 rings (SSSR count). The highest BCUT2D eigenvalue weighted by molar-refractivity contribution is 7.87. The molecule has 5 nitrogen and oxygen atoms in total. The summed E-state index contributed by atoms with van der Waals surface area (Å²) in [6.07, 6.45) is 7.87. The van der Waals surface area contributed by atoms with E-state index in [0.717, 1.165) is 5.56 Å². The summed E-state index contributed by atoms with van der Waals surface area (Å²) in [4.78, 5) is 11.7. The highest BCUT2D eigenvalue weighted by Crippen LogP contribution is 2.36. The van der Waals surface area contributed by atoms with Gasteiger partial charge in [-0.25, -0.2) is 4.79 Å². The van der Waals surface area contributed by atoms with E-state index < -0.39 is 21.6 Å². The van der Waals surface area contributed by atoms with Crippen molar-refractivity contribution in [2.75, 3.05) is 6.61 Å².